The van der Waals surface area contributed by atoms with Crippen molar-refractivity contribution in [3.05, 3.63) is 83.2 Å². The highest BCUT2D eigenvalue weighted by Gasteiger charge is 2.20. The summed E-state index contributed by atoms with van der Waals surface area (Å²) in [5.74, 6) is 1.02. The number of thiazole rings is 1. The molecule has 4 nitrogen and oxygen atoms in total. The Kier molecular flexibility index (Phi) is 7.22. The molecule has 0 aliphatic rings. The van der Waals surface area contributed by atoms with Crippen LogP contribution in [0.4, 0.5) is 5.13 Å². The third-order valence-electron chi connectivity index (χ3n) is 5.26. The molecule has 1 amide bonds. The van der Waals surface area contributed by atoms with Gasteiger partial charge in [-0.1, -0.05) is 35.1 Å². The number of benzene rings is 2. The molecule has 0 unspecified atom stereocenters. The zero-order chi connectivity index (χ0) is 22.5. The van der Waals surface area contributed by atoms with Crippen LogP contribution >= 0.6 is 23.1 Å². The summed E-state index contributed by atoms with van der Waals surface area (Å²) in [6.07, 6.45) is 4.86. The van der Waals surface area contributed by atoms with Gasteiger partial charge in [-0.25, -0.2) is 4.98 Å². The van der Waals surface area contributed by atoms with Gasteiger partial charge in [0.1, 0.15) is 0 Å². The van der Waals surface area contributed by atoms with E-state index in [0.29, 0.717) is 13.0 Å². The molecule has 0 fully saturated rings. The first kappa shape index (κ1) is 22.5. The number of carbonyl (C=O) groups excluding carboxylic acids is 1. The van der Waals surface area contributed by atoms with Crippen molar-refractivity contribution in [2.75, 3.05) is 10.7 Å². The molecule has 4 aromatic rings. The van der Waals surface area contributed by atoms with Gasteiger partial charge in [0.15, 0.2) is 5.13 Å². The van der Waals surface area contributed by atoms with E-state index in [0.717, 1.165) is 33.1 Å². The van der Waals surface area contributed by atoms with E-state index in [1.54, 1.807) is 35.5 Å². The average Bonchev–Trinajstić information content (AvgIpc) is 3.21. The van der Waals surface area contributed by atoms with Gasteiger partial charge in [-0.2, -0.15) is 0 Å². The minimum atomic E-state index is 0.111. The van der Waals surface area contributed by atoms with E-state index in [9.17, 15) is 4.79 Å². The fourth-order valence-electron chi connectivity index (χ4n) is 3.60. The maximum absolute atomic E-state index is 13.3. The van der Waals surface area contributed by atoms with Gasteiger partial charge in [0.25, 0.3) is 0 Å². The molecule has 4 rings (SSSR count). The molecule has 0 atom stereocenters. The van der Waals surface area contributed by atoms with Crippen LogP contribution in [0.25, 0.3) is 10.2 Å². The zero-order valence-corrected chi connectivity index (χ0v) is 20.3. The molecule has 6 heteroatoms. The van der Waals surface area contributed by atoms with Crippen molar-refractivity contribution >= 4 is 44.4 Å². The summed E-state index contributed by atoms with van der Waals surface area (Å²) >= 11 is 3.40. The number of pyridine rings is 1. The first-order valence-electron chi connectivity index (χ1n) is 10.8. The summed E-state index contributed by atoms with van der Waals surface area (Å²) in [6, 6.07) is 16.7. The number of amides is 1. The van der Waals surface area contributed by atoms with Gasteiger partial charge < -0.3 is 0 Å². The van der Waals surface area contributed by atoms with Crippen LogP contribution in [0, 0.1) is 20.8 Å². The Morgan fingerprint density at radius 2 is 1.75 bits per heavy atom. The van der Waals surface area contributed by atoms with Gasteiger partial charge in [-0.05, 0) is 80.0 Å². The lowest BCUT2D eigenvalue weighted by Crippen LogP contribution is -2.30. The lowest BCUT2D eigenvalue weighted by atomic mass is 10.1. The molecule has 0 N–H and O–H groups in total. The highest BCUT2D eigenvalue weighted by molar-refractivity contribution is 7.99. The minimum absolute atomic E-state index is 0.111. The Labute approximate surface area is 197 Å². The molecule has 2 heterocycles. The van der Waals surface area contributed by atoms with Crippen molar-refractivity contribution in [2.45, 2.75) is 45.1 Å². The van der Waals surface area contributed by atoms with Crippen LogP contribution in [0.3, 0.4) is 0 Å². The van der Waals surface area contributed by atoms with E-state index in [2.05, 4.69) is 62.2 Å². The van der Waals surface area contributed by atoms with E-state index >= 15 is 0 Å². The quantitative estimate of drug-likeness (QED) is 0.216. The monoisotopic (exact) mass is 461 g/mol. The maximum Gasteiger partial charge on any atom is 0.229 e. The van der Waals surface area contributed by atoms with Crippen LogP contribution in [0.1, 0.15) is 35.1 Å². The first-order valence-corrected chi connectivity index (χ1v) is 12.6. The Balaban J connectivity index is 1.49. The maximum atomic E-state index is 13.3. The number of hydrogen-bond donors (Lipinski definition) is 0. The Morgan fingerprint density at radius 1 is 1.00 bits per heavy atom. The van der Waals surface area contributed by atoms with Crippen molar-refractivity contribution in [1.29, 1.82) is 0 Å². The summed E-state index contributed by atoms with van der Waals surface area (Å²) < 4.78 is 1.15. The predicted molar refractivity (Wildman–Crippen MR) is 136 cm³/mol. The van der Waals surface area contributed by atoms with Crippen molar-refractivity contribution in [3.8, 4) is 0 Å². The Morgan fingerprint density at radius 3 is 2.50 bits per heavy atom. The molecule has 2 aromatic carbocycles. The van der Waals surface area contributed by atoms with Gasteiger partial charge >= 0.3 is 0 Å². The summed E-state index contributed by atoms with van der Waals surface area (Å²) in [5.41, 5.74) is 5.67. The molecule has 0 aliphatic carbocycles. The standard InChI is InChI=1S/C26H27N3OS2/c1-18-6-8-22(9-7-18)31-14-4-5-24(30)29(17-21-10-12-27-13-11-21)26-28-23-16-19(2)15-20(3)25(23)32-26/h6-13,15-16H,4-5,14,17H2,1-3H3. The van der Waals surface area contributed by atoms with E-state index in [1.165, 1.54) is 21.6 Å². The summed E-state index contributed by atoms with van der Waals surface area (Å²) in [5, 5.41) is 0.765. The van der Waals surface area contributed by atoms with Gasteiger partial charge in [-0.15, -0.1) is 11.8 Å². The molecule has 0 saturated carbocycles. The van der Waals surface area contributed by atoms with Gasteiger partial charge in [0.2, 0.25) is 5.91 Å². The SMILES string of the molecule is Cc1ccc(SCCCC(=O)N(Cc2ccncc2)c2nc3cc(C)cc(C)c3s2)cc1. The number of nitrogens with zero attached hydrogens (tertiary/aromatic N) is 3. The average molecular weight is 462 g/mol. The molecule has 0 aliphatic heterocycles. The number of thioether (sulfide) groups is 1. The minimum Gasteiger partial charge on any atom is -0.284 e. The second kappa shape index (κ2) is 10.3. The smallest absolute Gasteiger partial charge is 0.229 e. The second-order valence-corrected chi connectivity index (χ2v) is 10.2. The lowest BCUT2D eigenvalue weighted by Gasteiger charge is -2.20. The second-order valence-electron chi connectivity index (χ2n) is 8.03. The van der Waals surface area contributed by atoms with Gasteiger partial charge in [-0.3, -0.25) is 14.7 Å². The van der Waals surface area contributed by atoms with Crippen molar-refractivity contribution in [2.24, 2.45) is 0 Å². The molecule has 0 bridgehead atoms. The van der Waals surface area contributed by atoms with Crippen LogP contribution in [-0.2, 0) is 11.3 Å². The van der Waals surface area contributed by atoms with E-state index in [1.807, 2.05) is 17.0 Å². The summed E-state index contributed by atoms with van der Waals surface area (Å²) in [4.78, 5) is 25.3. The predicted octanol–water partition coefficient (Wildman–Crippen LogP) is 6.72. The van der Waals surface area contributed by atoms with Crippen molar-refractivity contribution in [3.63, 3.8) is 0 Å². The van der Waals surface area contributed by atoms with Crippen LogP contribution in [0.15, 0.2) is 65.8 Å². The molecule has 32 heavy (non-hydrogen) atoms. The van der Waals surface area contributed by atoms with Crippen LogP contribution < -0.4 is 4.90 Å². The van der Waals surface area contributed by atoms with E-state index < -0.39 is 0 Å². The number of rotatable bonds is 8. The third-order valence-corrected chi connectivity index (χ3v) is 7.58. The molecule has 0 radical (unpaired) electrons. The third kappa shape index (κ3) is 5.56. The molecule has 0 saturated heterocycles. The largest absolute Gasteiger partial charge is 0.284 e. The van der Waals surface area contributed by atoms with Crippen LogP contribution in [0.5, 0.6) is 0 Å². The van der Waals surface area contributed by atoms with E-state index in [-0.39, 0.29) is 5.91 Å². The number of carbonyl (C=O) groups is 1. The first-order chi connectivity index (χ1) is 15.5. The number of hydrogen-bond acceptors (Lipinski definition) is 5. The molecular weight excluding hydrogens is 434 g/mol. The lowest BCUT2D eigenvalue weighted by molar-refractivity contribution is -0.118. The van der Waals surface area contributed by atoms with Gasteiger partial charge in [0.05, 0.1) is 16.8 Å². The highest BCUT2D eigenvalue weighted by Crippen LogP contribution is 2.33. The molecular formula is C26H27N3OS2. The molecule has 2 aromatic heterocycles. The Bertz CT molecular complexity index is 1200. The number of aromatic nitrogens is 2. The topological polar surface area (TPSA) is 46.1 Å². The highest BCUT2D eigenvalue weighted by atomic mass is 32.2. The summed E-state index contributed by atoms with van der Waals surface area (Å²) in [7, 11) is 0. The fourth-order valence-corrected chi connectivity index (χ4v) is 5.48. The van der Waals surface area contributed by atoms with Crippen LogP contribution in [-0.4, -0.2) is 21.6 Å². The Hall–Kier alpha value is -2.70. The number of anilines is 1. The number of aryl methyl sites for hydroxylation is 3. The van der Waals surface area contributed by atoms with Gasteiger partial charge in [0, 0.05) is 23.7 Å². The zero-order valence-electron chi connectivity index (χ0n) is 18.7. The molecule has 0 spiro atoms. The van der Waals surface area contributed by atoms with E-state index in [4.69, 9.17) is 4.98 Å². The fraction of sp³-hybridized carbons (Fsp3) is 0.269. The number of fused-ring (bicyclic) bond motifs is 1. The van der Waals surface area contributed by atoms with Crippen LogP contribution in [0.2, 0.25) is 0 Å². The van der Waals surface area contributed by atoms with Crippen molar-refractivity contribution in [1.82, 2.24) is 9.97 Å². The molecule has 164 valence electrons. The van der Waals surface area contributed by atoms with Crippen molar-refractivity contribution < 1.29 is 4.79 Å². The normalized spacial score (nSPS) is 11.1. The summed E-state index contributed by atoms with van der Waals surface area (Å²) in [6.45, 7) is 6.78.